The highest BCUT2D eigenvalue weighted by Crippen LogP contribution is 2.26. The third-order valence-corrected chi connectivity index (χ3v) is 5.61. The largest absolute Gasteiger partial charge is 0.338 e. The van der Waals surface area contributed by atoms with Gasteiger partial charge in [-0.3, -0.25) is 4.79 Å². The first kappa shape index (κ1) is 19.6. The van der Waals surface area contributed by atoms with Crippen LogP contribution in [0.25, 0.3) is 0 Å². The number of para-hydroxylation sites is 1. The van der Waals surface area contributed by atoms with Crippen molar-refractivity contribution in [2.75, 3.05) is 25.0 Å². The number of carbonyl (C=O) groups excluding carboxylic acids is 2. The Bertz CT molecular complexity index is 682. The number of likely N-dealkylation sites (tertiary alicyclic amines) is 2. The van der Waals surface area contributed by atoms with Gasteiger partial charge < -0.3 is 20.9 Å². The number of hydrogen-bond donors (Lipinski definition) is 2. The van der Waals surface area contributed by atoms with Gasteiger partial charge in [-0.1, -0.05) is 12.1 Å². The van der Waals surface area contributed by atoms with E-state index in [-0.39, 0.29) is 35.6 Å². The Morgan fingerprint density at radius 3 is 2.70 bits per heavy atom. The van der Waals surface area contributed by atoms with Gasteiger partial charge in [-0.25, -0.2) is 9.18 Å². The van der Waals surface area contributed by atoms with Crippen LogP contribution in [0.1, 0.15) is 39.0 Å². The number of nitrogens with one attached hydrogen (secondary N) is 1. The van der Waals surface area contributed by atoms with Crippen LogP contribution in [0.5, 0.6) is 0 Å². The molecule has 2 fully saturated rings. The van der Waals surface area contributed by atoms with E-state index in [1.165, 1.54) is 12.1 Å². The molecule has 1 aromatic rings. The molecule has 27 heavy (non-hydrogen) atoms. The fourth-order valence-corrected chi connectivity index (χ4v) is 4.13. The number of benzene rings is 1. The van der Waals surface area contributed by atoms with Gasteiger partial charge in [0.25, 0.3) is 0 Å². The van der Waals surface area contributed by atoms with Crippen molar-refractivity contribution in [1.82, 2.24) is 9.80 Å². The van der Waals surface area contributed by atoms with E-state index in [2.05, 4.69) is 5.32 Å². The van der Waals surface area contributed by atoms with E-state index in [0.29, 0.717) is 13.1 Å². The van der Waals surface area contributed by atoms with E-state index < -0.39 is 5.82 Å². The second-order valence-electron chi connectivity index (χ2n) is 7.65. The van der Waals surface area contributed by atoms with E-state index in [9.17, 15) is 14.0 Å². The molecule has 0 radical (unpaired) electrons. The third kappa shape index (κ3) is 4.58. The molecule has 0 bridgehead atoms. The monoisotopic (exact) mass is 376 g/mol. The zero-order valence-electron chi connectivity index (χ0n) is 15.9. The zero-order valence-corrected chi connectivity index (χ0v) is 15.9. The normalized spacial score (nSPS) is 24.4. The van der Waals surface area contributed by atoms with E-state index in [1.807, 2.05) is 11.8 Å². The average molecular weight is 376 g/mol. The first-order valence-electron chi connectivity index (χ1n) is 9.84. The minimum absolute atomic E-state index is 0.0571. The first-order chi connectivity index (χ1) is 13.0. The summed E-state index contributed by atoms with van der Waals surface area (Å²) in [7, 11) is 0. The molecule has 3 amide bonds. The number of piperidine rings is 2. The van der Waals surface area contributed by atoms with Gasteiger partial charge in [0.2, 0.25) is 5.91 Å². The number of hydrogen-bond acceptors (Lipinski definition) is 3. The summed E-state index contributed by atoms with van der Waals surface area (Å²) in [5, 5.41) is 2.61. The quantitative estimate of drug-likeness (QED) is 0.851. The lowest BCUT2D eigenvalue weighted by Gasteiger charge is -2.41. The van der Waals surface area contributed by atoms with Crippen molar-refractivity contribution in [3.05, 3.63) is 30.1 Å². The summed E-state index contributed by atoms with van der Waals surface area (Å²) in [5.74, 6) is -0.589. The summed E-state index contributed by atoms with van der Waals surface area (Å²) < 4.78 is 13.8. The molecule has 2 aliphatic rings. The molecule has 0 spiro atoms. The highest BCUT2D eigenvalue weighted by Gasteiger charge is 2.36. The maximum absolute atomic E-state index is 13.8. The molecule has 0 saturated carbocycles. The molecule has 7 heteroatoms. The molecule has 3 N–H and O–H groups in total. The number of nitrogens with zero attached hydrogens (tertiary/aromatic N) is 2. The lowest BCUT2D eigenvalue weighted by atomic mass is 9.91. The smallest absolute Gasteiger partial charge is 0.321 e. The Balaban J connectivity index is 1.64. The molecule has 2 aliphatic heterocycles. The van der Waals surface area contributed by atoms with Gasteiger partial charge in [0.15, 0.2) is 0 Å². The minimum atomic E-state index is -0.469. The summed E-state index contributed by atoms with van der Waals surface area (Å²) in [6.07, 6.45) is 4.56. The van der Waals surface area contributed by atoms with Crippen LogP contribution in [0, 0.1) is 11.7 Å². The fraction of sp³-hybridized carbons (Fsp3) is 0.600. The van der Waals surface area contributed by atoms with Crippen molar-refractivity contribution in [3.63, 3.8) is 0 Å². The number of urea groups is 1. The van der Waals surface area contributed by atoms with Crippen molar-refractivity contribution >= 4 is 17.6 Å². The van der Waals surface area contributed by atoms with Crippen LogP contribution in [0.4, 0.5) is 14.9 Å². The van der Waals surface area contributed by atoms with E-state index in [1.54, 1.807) is 17.0 Å². The van der Waals surface area contributed by atoms with Crippen LogP contribution in [-0.2, 0) is 4.79 Å². The van der Waals surface area contributed by atoms with Gasteiger partial charge in [-0.2, -0.15) is 0 Å². The molecule has 3 atom stereocenters. The number of carbonyl (C=O) groups is 2. The SMILES string of the molecule is CC(N)C1CCCCN1C(=O)C1CCCN(C(=O)Nc2ccccc2F)C1. The van der Waals surface area contributed by atoms with Crippen molar-refractivity contribution in [1.29, 1.82) is 0 Å². The predicted octanol–water partition coefficient (Wildman–Crippen LogP) is 2.80. The second kappa shape index (κ2) is 8.69. The molecule has 148 valence electrons. The topological polar surface area (TPSA) is 78.7 Å². The van der Waals surface area contributed by atoms with Gasteiger partial charge in [0.05, 0.1) is 11.6 Å². The standard InChI is InChI=1S/C20H29FN4O2/c1-14(22)18-10-4-5-12-25(18)19(26)15-7-6-11-24(13-15)20(27)23-17-9-3-2-8-16(17)21/h2-3,8-9,14-15,18H,4-7,10-13,22H2,1H3,(H,23,27). The first-order valence-corrected chi connectivity index (χ1v) is 9.84. The second-order valence-corrected chi connectivity index (χ2v) is 7.65. The van der Waals surface area contributed by atoms with E-state index in [4.69, 9.17) is 5.73 Å². The lowest BCUT2D eigenvalue weighted by Crippen LogP contribution is -2.55. The summed E-state index contributed by atoms with van der Waals surface area (Å²) in [6, 6.07) is 5.75. The summed E-state index contributed by atoms with van der Waals surface area (Å²) in [5.41, 5.74) is 6.25. The Kier molecular flexibility index (Phi) is 6.31. The van der Waals surface area contributed by atoms with Gasteiger partial charge in [0.1, 0.15) is 5.82 Å². The zero-order chi connectivity index (χ0) is 19.4. The van der Waals surface area contributed by atoms with Crippen LogP contribution < -0.4 is 11.1 Å². The molecule has 0 aliphatic carbocycles. The van der Waals surface area contributed by atoms with Crippen LogP contribution in [0.15, 0.2) is 24.3 Å². The van der Waals surface area contributed by atoms with Crippen molar-refractivity contribution in [3.8, 4) is 0 Å². The van der Waals surface area contributed by atoms with Crippen molar-refractivity contribution in [2.45, 2.75) is 51.1 Å². The van der Waals surface area contributed by atoms with Crippen LogP contribution in [0.3, 0.4) is 0 Å². The van der Waals surface area contributed by atoms with Gasteiger partial charge >= 0.3 is 6.03 Å². The Hall–Kier alpha value is -2.15. The van der Waals surface area contributed by atoms with Gasteiger partial charge in [-0.05, 0) is 51.2 Å². The molecule has 3 rings (SSSR count). The number of rotatable bonds is 3. The molecule has 0 aromatic heterocycles. The predicted molar refractivity (Wildman–Crippen MR) is 103 cm³/mol. The fourth-order valence-electron chi connectivity index (χ4n) is 4.13. The molecule has 6 nitrogen and oxygen atoms in total. The highest BCUT2D eigenvalue weighted by molar-refractivity contribution is 5.90. The lowest BCUT2D eigenvalue weighted by molar-refractivity contribution is -0.141. The van der Waals surface area contributed by atoms with E-state index in [0.717, 1.165) is 38.6 Å². The molecular formula is C20H29FN4O2. The number of anilines is 1. The van der Waals surface area contributed by atoms with Crippen LogP contribution >= 0.6 is 0 Å². The maximum atomic E-state index is 13.8. The average Bonchev–Trinajstić information content (AvgIpc) is 2.69. The van der Waals surface area contributed by atoms with Crippen molar-refractivity contribution < 1.29 is 14.0 Å². The molecule has 1 aromatic carbocycles. The number of halogens is 1. The molecule has 3 unspecified atom stereocenters. The Morgan fingerprint density at radius 2 is 1.96 bits per heavy atom. The third-order valence-electron chi connectivity index (χ3n) is 5.61. The number of amides is 3. The summed E-state index contributed by atoms with van der Waals surface area (Å²) in [6.45, 7) is 3.62. The van der Waals surface area contributed by atoms with Gasteiger partial charge in [0, 0.05) is 31.7 Å². The number of nitrogens with two attached hydrogens (primary N) is 1. The highest BCUT2D eigenvalue weighted by atomic mass is 19.1. The molecule has 2 saturated heterocycles. The summed E-state index contributed by atoms with van der Waals surface area (Å²) in [4.78, 5) is 29.2. The van der Waals surface area contributed by atoms with Crippen LogP contribution in [0.2, 0.25) is 0 Å². The Labute approximate surface area is 159 Å². The minimum Gasteiger partial charge on any atom is -0.338 e. The van der Waals surface area contributed by atoms with Crippen molar-refractivity contribution in [2.24, 2.45) is 11.7 Å². The van der Waals surface area contributed by atoms with Crippen LogP contribution in [-0.4, -0.2) is 53.5 Å². The molecule has 2 heterocycles. The maximum Gasteiger partial charge on any atom is 0.321 e. The van der Waals surface area contributed by atoms with E-state index >= 15 is 0 Å². The molecular weight excluding hydrogens is 347 g/mol. The Morgan fingerprint density at radius 1 is 1.19 bits per heavy atom. The summed E-state index contributed by atoms with van der Waals surface area (Å²) >= 11 is 0. The van der Waals surface area contributed by atoms with Gasteiger partial charge in [-0.15, -0.1) is 0 Å².